The van der Waals surface area contributed by atoms with E-state index in [9.17, 15) is 0 Å². The number of hydrogen-bond donors (Lipinski definition) is 1. The van der Waals surface area contributed by atoms with E-state index in [-0.39, 0.29) is 0 Å². The molecule has 0 aromatic carbocycles. The van der Waals surface area contributed by atoms with E-state index in [1.165, 1.54) is 32.2 Å². The molecule has 1 unspecified atom stereocenters. The maximum atomic E-state index is 3.32. The third kappa shape index (κ3) is 1.53. The van der Waals surface area contributed by atoms with Crippen molar-refractivity contribution in [2.45, 2.75) is 38.6 Å². The van der Waals surface area contributed by atoms with Crippen LogP contribution in [0.25, 0.3) is 0 Å². The molecular weight excluding hydrogens is 160 g/mol. The zero-order valence-corrected chi connectivity index (χ0v) is 8.71. The molecule has 1 saturated heterocycles. The Morgan fingerprint density at radius 1 is 1.46 bits per heavy atom. The van der Waals surface area contributed by atoms with Gasteiger partial charge in [0.2, 0.25) is 0 Å². The largest absolute Gasteiger partial charge is 0.258 e. The fourth-order valence-corrected chi connectivity index (χ4v) is 2.84. The van der Waals surface area contributed by atoms with Crippen LogP contribution in [0.1, 0.15) is 32.6 Å². The number of nitrogens with one attached hydrogen (secondary N) is 1. The maximum absolute atomic E-state index is 3.32. The first kappa shape index (κ1) is 9.22. The number of hydrazine groups is 1. The lowest BCUT2D eigenvalue weighted by Crippen LogP contribution is -2.39. The van der Waals surface area contributed by atoms with E-state index in [1.807, 2.05) is 7.05 Å². The lowest BCUT2D eigenvalue weighted by molar-refractivity contribution is 0.172. The Labute approximate surface area is 81.0 Å². The van der Waals surface area contributed by atoms with Crippen molar-refractivity contribution in [1.82, 2.24) is 10.4 Å². The predicted octanol–water partition coefficient (Wildman–Crippen LogP) is 1.94. The first-order valence-electron chi connectivity index (χ1n) is 5.39. The second-order valence-corrected chi connectivity index (χ2v) is 4.50. The van der Waals surface area contributed by atoms with E-state index in [4.69, 9.17) is 0 Å². The number of nitrogens with zero attached hydrogens (tertiary/aromatic N) is 1. The molecule has 1 fully saturated rings. The van der Waals surface area contributed by atoms with Crippen molar-refractivity contribution >= 4 is 0 Å². The zero-order chi connectivity index (χ0) is 9.31. The first-order chi connectivity index (χ1) is 6.29. The number of rotatable bonds is 2. The van der Waals surface area contributed by atoms with E-state index in [0.717, 1.165) is 6.04 Å². The van der Waals surface area contributed by atoms with Crippen LogP contribution < -0.4 is 5.43 Å². The molecule has 2 heteroatoms. The van der Waals surface area contributed by atoms with Crippen molar-refractivity contribution < 1.29 is 0 Å². The molecule has 0 saturated carbocycles. The molecule has 1 atom stereocenters. The highest BCUT2D eigenvalue weighted by molar-refractivity contribution is 5.08. The second-order valence-electron chi connectivity index (χ2n) is 4.50. The molecule has 1 spiro atoms. The summed E-state index contributed by atoms with van der Waals surface area (Å²) < 4.78 is 0. The van der Waals surface area contributed by atoms with E-state index in [0.29, 0.717) is 5.41 Å². The molecule has 2 aliphatic rings. The Hall–Kier alpha value is -0.340. The predicted molar refractivity (Wildman–Crippen MR) is 55.3 cm³/mol. The quantitative estimate of drug-likeness (QED) is 0.653. The maximum Gasteiger partial charge on any atom is 0.0247 e. The third-order valence-corrected chi connectivity index (χ3v) is 3.64. The van der Waals surface area contributed by atoms with Crippen molar-refractivity contribution in [2.75, 3.05) is 13.6 Å². The van der Waals surface area contributed by atoms with Crippen molar-refractivity contribution in [3.05, 3.63) is 12.2 Å². The van der Waals surface area contributed by atoms with Gasteiger partial charge in [-0.2, -0.15) is 0 Å². The topological polar surface area (TPSA) is 15.3 Å². The first-order valence-corrected chi connectivity index (χ1v) is 5.39. The fourth-order valence-electron chi connectivity index (χ4n) is 2.84. The summed E-state index contributed by atoms with van der Waals surface area (Å²) in [6, 6.07) is 0.755. The smallest absolute Gasteiger partial charge is 0.0247 e. The lowest BCUT2D eigenvalue weighted by Gasteiger charge is -2.23. The van der Waals surface area contributed by atoms with Crippen LogP contribution in [0.5, 0.6) is 0 Å². The number of hydrogen-bond acceptors (Lipinski definition) is 2. The van der Waals surface area contributed by atoms with Gasteiger partial charge in [-0.05, 0) is 38.1 Å². The normalized spacial score (nSPS) is 32.0. The van der Waals surface area contributed by atoms with Gasteiger partial charge < -0.3 is 0 Å². The molecule has 1 aliphatic carbocycles. The summed E-state index contributed by atoms with van der Waals surface area (Å²) in [4.78, 5) is 0. The molecule has 0 bridgehead atoms. The summed E-state index contributed by atoms with van der Waals surface area (Å²) >= 11 is 0. The van der Waals surface area contributed by atoms with Crippen LogP contribution in [0.4, 0.5) is 0 Å². The van der Waals surface area contributed by atoms with Crippen molar-refractivity contribution in [1.29, 1.82) is 0 Å². The summed E-state index contributed by atoms with van der Waals surface area (Å²) in [5, 5.41) is 2.42. The van der Waals surface area contributed by atoms with Crippen LogP contribution in [0, 0.1) is 5.41 Å². The van der Waals surface area contributed by atoms with Gasteiger partial charge >= 0.3 is 0 Å². The number of allylic oxidation sites excluding steroid dienone is 2. The zero-order valence-electron chi connectivity index (χ0n) is 8.71. The molecule has 2 rings (SSSR count). The molecule has 74 valence electrons. The monoisotopic (exact) mass is 180 g/mol. The summed E-state index contributed by atoms with van der Waals surface area (Å²) in [6.45, 7) is 3.52. The summed E-state index contributed by atoms with van der Waals surface area (Å²) in [5.74, 6) is 0. The summed E-state index contributed by atoms with van der Waals surface area (Å²) in [6.07, 6.45) is 9.93. The van der Waals surface area contributed by atoms with Crippen LogP contribution in [0.3, 0.4) is 0 Å². The van der Waals surface area contributed by atoms with Crippen LogP contribution in [0.2, 0.25) is 0 Å². The Kier molecular flexibility index (Phi) is 2.43. The molecule has 13 heavy (non-hydrogen) atoms. The molecule has 0 amide bonds. The molecular formula is C11H20N2. The minimum absolute atomic E-state index is 0.587. The Bertz CT molecular complexity index is 188. The third-order valence-electron chi connectivity index (χ3n) is 3.64. The highest BCUT2D eigenvalue weighted by Crippen LogP contribution is 2.44. The van der Waals surface area contributed by atoms with Gasteiger partial charge in [0.15, 0.2) is 0 Å². The summed E-state index contributed by atoms with van der Waals surface area (Å²) in [7, 11) is 2.05. The van der Waals surface area contributed by atoms with Gasteiger partial charge in [-0.1, -0.05) is 19.1 Å². The van der Waals surface area contributed by atoms with Gasteiger partial charge in [-0.3, -0.25) is 5.43 Å². The minimum atomic E-state index is 0.587. The van der Waals surface area contributed by atoms with Crippen LogP contribution in [-0.2, 0) is 0 Å². The van der Waals surface area contributed by atoms with Gasteiger partial charge in [0.25, 0.3) is 0 Å². The van der Waals surface area contributed by atoms with Crippen molar-refractivity contribution in [2.24, 2.45) is 5.41 Å². The fraction of sp³-hybridized carbons (Fsp3) is 0.818. The van der Waals surface area contributed by atoms with Gasteiger partial charge in [0, 0.05) is 12.6 Å². The highest BCUT2D eigenvalue weighted by Gasteiger charge is 2.42. The standard InChI is InChI=1S/C11H20N2/c1-3-10-8-11(6-4-5-7-11)9-13(10)12-2/h4-5,10,12H,3,6-9H2,1-2H3. The molecule has 1 heterocycles. The van der Waals surface area contributed by atoms with Gasteiger partial charge in [-0.15, -0.1) is 0 Å². The van der Waals surface area contributed by atoms with Crippen LogP contribution >= 0.6 is 0 Å². The van der Waals surface area contributed by atoms with Crippen molar-refractivity contribution in [3.8, 4) is 0 Å². The molecule has 0 aromatic heterocycles. The summed E-state index contributed by atoms with van der Waals surface area (Å²) in [5.41, 5.74) is 3.91. The Balaban J connectivity index is 2.04. The van der Waals surface area contributed by atoms with Gasteiger partial charge in [0.1, 0.15) is 0 Å². The lowest BCUT2D eigenvalue weighted by atomic mass is 9.83. The van der Waals surface area contributed by atoms with Crippen LogP contribution in [0.15, 0.2) is 12.2 Å². The molecule has 0 aromatic rings. The average molecular weight is 180 g/mol. The molecule has 0 radical (unpaired) electrons. The molecule has 2 nitrogen and oxygen atoms in total. The van der Waals surface area contributed by atoms with Crippen LogP contribution in [-0.4, -0.2) is 24.6 Å². The molecule has 1 N–H and O–H groups in total. The Morgan fingerprint density at radius 3 is 2.62 bits per heavy atom. The van der Waals surface area contributed by atoms with E-state index >= 15 is 0 Å². The Morgan fingerprint density at radius 2 is 2.15 bits per heavy atom. The van der Waals surface area contributed by atoms with E-state index < -0.39 is 0 Å². The van der Waals surface area contributed by atoms with Gasteiger partial charge in [0.05, 0.1) is 0 Å². The minimum Gasteiger partial charge on any atom is -0.258 e. The molecule has 1 aliphatic heterocycles. The van der Waals surface area contributed by atoms with Gasteiger partial charge in [-0.25, -0.2) is 5.01 Å². The van der Waals surface area contributed by atoms with E-state index in [1.54, 1.807) is 0 Å². The average Bonchev–Trinajstić information content (AvgIpc) is 2.74. The van der Waals surface area contributed by atoms with E-state index in [2.05, 4.69) is 29.5 Å². The van der Waals surface area contributed by atoms with Crippen molar-refractivity contribution in [3.63, 3.8) is 0 Å². The SMILES string of the molecule is CCC1CC2(CC=CC2)CN1NC. The highest BCUT2D eigenvalue weighted by atomic mass is 15.5. The second kappa shape index (κ2) is 3.43.